The summed E-state index contributed by atoms with van der Waals surface area (Å²) in [5.74, 6) is 0.930. The smallest absolute Gasteiger partial charge is 0.191 e. The van der Waals surface area contributed by atoms with Gasteiger partial charge >= 0.3 is 0 Å². The number of guanidine groups is 1. The van der Waals surface area contributed by atoms with Crippen molar-refractivity contribution >= 4 is 29.9 Å². The van der Waals surface area contributed by atoms with Gasteiger partial charge in [-0.15, -0.1) is 24.0 Å². The summed E-state index contributed by atoms with van der Waals surface area (Å²) in [7, 11) is 4.04. The van der Waals surface area contributed by atoms with Gasteiger partial charge in [-0.3, -0.25) is 9.89 Å². The molecule has 2 rings (SSSR count). The highest BCUT2D eigenvalue weighted by molar-refractivity contribution is 14.0. The highest BCUT2D eigenvalue weighted by Crippen LogP contribution is 2.10. The lowest BCUT2D eigenvalue weighted by molar-refractivity contribution is 0.206. The molecule has 6 heteroatoms. The summed E-state index contributed by atoms with van der Waals surface area (Å²) in [4.78, 5) is 9.35. The lowest BCUT2D eigenvalue weighted by Crippen LogP contribution is -2.50. The van der Waals surface area contributed by atoms with Crippen LogP contribution in [0, 0.1) is 0 Å². The third-order valence-corrected chi connectivity index (χ3v) is 5.28. The van der Waals surface area contributed by atoms with Crippen LogP contribution in [0.5, 0.6) is 0 Å². The van der Waals surface area contributed by atoms with Crippen LogP contribution >= 0.6 is 24.0 Å². The Hall–Kier alpha value is -0.860. The fraction of sp³-hybridized carbons (Fsp3) is 0.667. The van der Waals surface area contributed by atoms with Crippen LogP contribution in [0.4, 0.5) is 0 Å². The largest absolute Gasteiger partial charge is 0.355 e. The van der Waals surface area contributed by atoms with E-state index >= 15 is 0 Å². The number of likely N-dealkylation sites (N-methyl/N-ethyl adjacent to an activating group) is 1. The predicted molar refractivity (Wildman–Crippen MR) is 127 cm³/mol. The predicted octanol–water partition coefficient (Wildman–Crippen LogP) is 3.16. The van der Waals surface area contributed by atoms with Crippen molar-refractivity contribution in [1.82, 2.24) is 20.4 Å². The van der Waals surface area contributed by atoms with Crippen molar-refractivity contribution in [2.24, 2.45) is 4.99 Å². The Labute approximate surface area is 183 Å². The fourth-order valence-corrected chi connectivity index (χ4v) is 3.43. The van der Waals surface area contributed by atoms with Crippen LogP contribution in [-0.2, 0) is 6.54 Å². The van der Waals surface area contributed by atoms with E-state index in [9.17, 15) is 0 Å². The number of nitrogens with zero attached hydrogens (tertiary/aromatic N) is 3. The molecule has 1 aromatic carbocycles. The third-order valence-electron chi connectivity index (χ3n) is 5.28. The van der Waals surface area contributed by atoms with Crippen LogP contribution < -0.4 is 10.6 Å². The monoisotopic (exact) mass is 487 g/mol. The molecule has 0 radical (unpaired) electrons. The Morgan fingerprint density at radius 1 is 1.26 bits per heavy atom. The second-order valence-electron chi connectivity index (χ2n) is 7.46. The number of hydrogen-bond donors (Lipinski definition) is 2. The van der Waals surface area contributed by atoms with E-state index in [1.165, 1.54) is 44.5 Å². The topological polar surface area (TPSA) is 42.9 Å². The van der Waals surface area contributed by atoms with Gasteiger partial charge in [-0.2, -0.15) is 0 Å². The SMILES string of the molecule is CCCN1CCC(NC(=NC)NCC(C)N(C)Cc2ccccc2)CC1.I. The van der Waals surface area contributed by atoms with Crippen molar-refractivity contribution in [2.45, 2.75) is 51.7 Å². The molecule has 1 heterocycles. The van der Waals surface area contributed by atoms with Gasteiger partial charge in [0.25, 0.3) is 0 Å². The summed E-state index contributed by atoms with van der Waals surface area (Å²) in [6.45, 7) is 9.98. The van der Waals surface area contributed by atoms with Gasteiger partial charge in [0, 0.05) is 45.3 Å². The van der Waals surface area contributed by atoms with E-state index in [0.717, 1.165) is 19.0 Å². The zero-order chi connectivity index (χ0) is 18.8. The number of rotatable bonds is 8. The second-order valence-corrected chi connectivity index (χ2v) is 7.46. The van der Waals surface area contributed by atoms with E-state index in [2.05, 4.69) is 76.7 Å². The molecule has 1 unspecified atom stereocenters. The zero-order valence-corrected chi connectivity index (χ0v) is 19.8. The summed E-state index contributed by atoms with van der Waals surface area (Å²) < 4.78 is 0. The van der Waals surface area contributed by atoms with Gasteiger partial charge in [-0.1, -0.05) is 37.3 Å². The zero-order valence-electron chi connectivity index (χ0n) is 17.4. The molecule has 1 aliphatic heterocycles. The first-order valence-electron chi connectivity index (χ1n) is 10.1. The number of nitrogens with one attached hydrogen (secondary N) is 2. The molecule has 1 fully saturated rings. The Morgan fingerprint density at radius 2 is 1.93 bits per heavy atom. The van der Waals surface area contributed by atoms with Crippen molar-refractivity contribution in [2.75, 3.05) is 40.3 Å². The van der Waals surface area contributed by atoms with Crippen molar-refractivity contribution in [1.29, 1.82) is 0 Å². The highest BCUT2D eigenvalue weighted by Gasteiger charge is 2.19. The van der Waals surface area contributed by atoms with E-state index < -0.39 is 0 Å². The number of benzene rings is 1. The van der Waals surface area contributed by atoms with Gasteiger partial charge in [0.05, 0.1) is 0 Å². The third kappa shape index (κ3) is 8.79. The maximum Gasteiger partial charge on any atom is 0.191 e. The molecular weight excluding hydrogens is 449 g/mol. The van der Waals surface area contributed by atoms with Crippen LogP contribution in [0.2, 0.25) is 0 Å². The summed E-state index contributed by atoms with van der Waals surface area (Å²) in [5, 5.41) is 7.11. The summed E-state index contributed by atoms with van der Waals surface area (Å²) in [5.41, 5.74) is 1.35. The van der Waals surface area contributed by atoms with Crippen LogP contribution in [0.25, 0.3) is 0 Å². The van der Waals surface area contributed by atoms with Crippen molar-refractivity contribution in [3.63, 3.8) is 0 Å². The summed E-state index contributed by atoms with van der Waals surface area (Å²) in [6, 6.07) is 11.6. The van der Waals surface area contributed by atoms with E-state index in [-0.39, 0.29) is 24.0 Å². The summed E-state index contributed by atoms with van der Waals surface area (Å²) in [6.07, 6.45) is 3.64. The molecule has 0 saturated carbocycles. The molecule has 0 amide bonds. The molecule has 0 bridgehead atoms. The first-order valence-corrected chi connectivity index (χ1v) is 10.1. The average molecular weight is 487 g/mol. The van der Waals surface area contributed by atoms with Gasteiger partial charge in [-0.25, -0.2) is 0 Å². The standard InChI is InChI=1S/C21H37N5.HI/c1-5-13-26-14-11-20(12-15-26)24-21(22-3)23-16-18(2)25(4)17-19-9-7-6-8-10-19;/h6-10,18,20H,5,11-17H2,1-4H3,(H2,22,23,24);1H. The van der Waals surface area contributed by atoms with Crippen molar-refractivity contribution in [3.8, 4) is 0 Å². The molecule has 1 aliphatic rings. The molecule has 0 aliphatic carbocycles. The van der Waals surface area contributed by atoms with Crippen molar-refractivity contribution in [3.05, 3.63) is 35.9 Å². The van der Waals surface area contributed by atoms with E-state index in [1.807, 2.05) is 7.05 Å². The molecule has 1 atom stereocenters. The van der Waals surface area contributed by atoms with E-state index in [1.54, 1.807) is 0 Å². The Bertz CT molecular complexity index is 529. The van der Waals surface area contributed by atoms with E-state index in [4.69, 9.17) is 0 Å². The van der Waals surface area contributed by atoms with E-state index in [0.29, 0.717) is 12.1 Å². The maximum atomic E-state index is 4.42. The molecule has 1 saturated heterocycles. The van der Waals surface area contributed by atoms with Crippen LogP contribution in [0.15, 0.2) is 35.3 Å². The minimum absolute atomic E-state index is 0. The lowest BCUT2D eigenvalue weighted by Gasteiger charge is -2.33. The number of aliphatic imine (C=N–C) groups is 1. The van der Waals surface area contributed by atoms with Gasteiger partial charge in [0.1, 0.15) is 0 Å². The van der Waals surface area contributed by atoms with Gasteiger partial charge < -0.3 is 15.5 Å². The minimum Gasteiger partial charge on any atom is -0.355 e. The highest BCUT2D eigenvalue weighted by atomic mass is 127. The normalized spacial score (nSPS) is 17.4. The maximum absolute atomic E-state index is 4.42. The van der Waals surface area contributed by atoms with Crippen LogP contribution in [0.3, 0.4) is 0 Å². The minimum atomic E-state index is 0. The lowest BCUT2D eigenvalue weighted by atomic mass is 10.1. The quantitative estimate of drug-likeness (QED) is 0.336. The number of likely N-dealkylation sites (tertiary alicyclic amines) is 1. The van der Waals surface area contributed by atoms with Gasteiger partial charge in [-0.05, 0) is 45.3 Å². The Morgan fingerprint density at radius 3 is 2.52 bits per heavy atom. The molecule has 154 valence electrons. The second kappa shape index (κ2) is 13.3. The van der Waals surface area contributed by atoms with Gasteiger partial charge in [0.15, 0.2) is 5.96 Å². The Balaban J connectivity index is 0.00000364. The average Bonchev–Trinajstić information content (AvgIpc) is 2.67. The molecule has 0 spiro atoms. The number of piperidine rings is 1. The number of halogens is 1. The molecule has 1 aromatic rings. The van der Waals surface area contributed by atoms with Crippen LogP contribution in [0.1, 0.15) is 38.7 Å². The molecule has 0 aromatic heterocycles. The van der Waals surface area contributed by atoms with Gasteiger partial charge in [0.2, 0.25) is 0 Å². The molecule has 5 nitrogen and oxygen atoms in total. The van der Waals surface area contributed by atoms with Crippen molar-refractivity contribution < 1.29 is 0 Å². The first kappa shape index (κ1) is 24.2. The fourth-order valence-electron chi connectivity index (χ4n) is 3.43. The first-order chi connectivity index (χ1) is 12.6. The molecule has 27 heavy (non-hydrogen) atoms. The number of hydrogen-bond acceptors (Lipinski definition) is 3. The Kier molecular flexibility index (Phi) is 11.9. The molecular formula is C21H38IN5. The van der Waals surface area contributed by atoms with Crippen LogP contribution in [-0.4, -0.2) is 68.1 Å². The summed E-state index contributed by atoms with van der Waals surface area (Å²) >= 11 is 0. The molecule has 2 N–H and O–H groups in total.